The van der Waals surface area contributed by atoms with Crippen LogP contribution in [0, 0.1) is 0 Å². The van der Waals surface area contributed by atoms with Crippen LogP contribution < -0.4 is 15.6 Å². The van der Waals surface area contributed by atoms with Crippen molar-refractivity contribution in [2.75, 3.05) is 13.7 Å². The number of nitrogens with one attached hydrogen (secondary N) is 1. The molecule has 19 heavy (non-hydrogen) atoms. The van der Waals surface area contributed by atoms with E-state index in [-0.39, 0.29) is 5.56 Å². The third-order valence-electron chi connectivity index (χ3n) is 2.94. The molecule has 2 aromatic rings. The molecule has 0 radical (unpaired) electrons. The van der Waals surface area contributed by atoms with Crippen molar-refractivity contribution in [3.8, 4) is 5.75 Å². The monoisotopic (exact) mass is 258 g/mol. The molecule has 1 N–H and O–H groups in total. The summed E-state index contributed by atoms with van der Waals surface area (Å²) in [4.78, 5) is 11.5. The first-order chi connectivity index (χ1) is 9.31. The summed E-state index contributed by atoms with van der Waals surface area (Å²) in [6.07, 6.45) is 1.80. The molecule has 0 atom stereocenters. The molecule has 0 aliphatic heterocycles. The normalized spacial score (nSPS) is 10.4. The number of pyridine rings is 1. The summed E-state index contributed by atoms with van der Waals surface area (Å²) >= 11 is 0. The molecule has 2 rings (SSSR count). The van der Waals surface area contributed by atoms with Gasteiger partial charge >= 0.3 is 0 Å². The summed E-state index contributed by atoms with van der Waals surface area (Å²) in [6, 6.07) is 13.1. The van der Waals surface area contributed by atoms with Gasteiger partial charge in [-0.2, -0.15) is 0 Å². The summed E-state index contributed by atoms with van der Waals surface area (Å²) in [5.41, 5.74) is 1.15. The first-order valence-corrected chi connectivity index (χ1v) is 6.29. The van der Waals surface area contributed by atoms with E-state index in [4.69, 9.17) is 4.74 Å². The Bertz CT molecular complexity index is 578. The molecule has 4 nitrogen and oxygen atoms in total. The number of ether oxygens (including phenoxy) is 1. The summed E-state index contributed by atoms with van der Waals surface area (Å²) in [6.45, 7) is 2.13. The fourth-order valence-electron chi connectivity index (χ4n) is 1.92. The molecule has 1 aromatic heterocycles. The number of hydrogen-bond donors (Lipinski definition) is 1. The molecule has 0 saturated carbocycles. The third-order valence-corrected chi connectivity index (χ3v) is 2.94. The van der Waals surface area contributed by atoms with Crippen molar-refractivity contribution in [3.63, 3.8) is 0 Å². The molecule has 0 saturated heterocycles. The lowest BCUT2D eigenvalue weighted by Crippen LogP contribution is -2.25. The Morgan fingerprint density at radius 1 is 1.16 bits per heavy atom. The highest BCUT2D eigenvalue weighted by atomic mass is 16.5. The van der Waals surface area contributed by atoms with E-state index in [0.29, 0.717) is 6.54 Å². The number of methoxy groups -OCH3 is 1. The first-order valence-electron chi connectivity index (χ1n) is 6.29. The predicted octanol–water partition coefficient (Wildman–Crippen LogP) is 1.65. The second-order valence-electron chi connectivity index (χ2n) is 4.22. The second-order valence-corrected chi connectivity index (χ2v) is 4.22. The van der Waals surface area contributed by atoms with E-state index >= 15 is 0 Å². The van der Waals surface area contributed by atoms with Crippen LogP contribution in [0.25, 0.3) is 0 Å². The van der Waals surface area contributed by atoms with Gasteiger partial charge in [0.1, 0.15) is 5.75 Å². The lowest BCUT2D eigenvalue weighted by molar-refractivity contribution is 0.407. The number of hydrogen-bond acceptors (Lipinski definition) is 3. The van der Waals surface area contributed by atoms with Crippen LogP contribution in [0.5, 0.6) is 5.75 Å². The van der Waals surface area contributed by atoms with Gasteiger partial charge in [0.05, 0.1) is 7.11 Å². The summed E-state index contributed by atoms with van der Waals surface area (Å²) in [5.74, 6) is 0.881. The van der Waals surface area contributed by atoms with E-state index in [2.05, 4.69) is 5.32 Å². The van der Waals surface area contributed by atoms with Crippen molar-refractivity contribution in [2.45, 2.75) is 13.1 Å². The van der Waals surface area contributed by atoms with Gasteiger partial charge < -0.3 is 14.6 Å². The Kier molecular flexibility index (Phi) is 4.75. The highest BCUT2D eigenvalue weighted by Crippen LogP contribution is 2.16. The van der Waals surface area contributed by atoms with E-state index in [1.165, 1.54) is 0 Å². The van der Waals surface area contributed by atoms with Gasteiger partial charge in [0, 0.05) is 37.5 Å². The van der Waals surface area contributed by atoms with Crippen LogP contribution in [0.3, 0.4) is 0 Å². The number of para-hydroxylation sites is 1. The fraction of sp³-hybridized carbons (Fsp3) is 0.267. The van der Waals surface area contributed by atoms with Crippen molar-refractivity contribution >= 4 is 0 Å². The largest absolute Gasteiger partial charge is 0.496 e. The van der Waals surface area contributed by atoms with Gasteiger partial charge in [-0.25, -0.2) is 0 Å². The Morgan fingerprint density at radius 2 is 1.95 bits per heavy atom. The van der Waals surface area contributed by atoms with E-state index in [0.717, 1.165) is 24.4 Å². The second kappa shape index (κ2) is 6.75. The Hall–Kier alpha value is -2.07. The Balaban J connectivity index is 1.84. The number of benzene rings is 1. The van der Waals surface area contributed by atoms with Crippen LogP contribution in [0.4, 0.5) is 0 Å². The average molecular weight is 258 g/mol. The van der Waals surface area contributed by atoms with Gasteiger partial charge in [-0.05, 0) is 12.1 Å². The zero-order valence-electron chi connectivity index (χ0n) is 11.0. The molecule has 0 bridgehead atoms. The molecular formula is C15H18N2O2. The average Bonchev–Trinajstić information content (AvgIpc) is 2.45. The van der Waals surface area contributed by atoms with Crippen molar-refractivity contribution in [2.24, 2.45) is 0 Å². The Morgan fingerprint density at radius 3 is 2.74 bits per heavy atom. The molecule has 1 aromatic carbocycles. The minimum absolute atomic E-state index is 0.0293. The fourth-order valence-corrected chi connectivity index (χ4v) is 1.92. The standard InChI is InChI=1S/C15H18N2O2/c1-19-14-7-3-2-6-13(14)12-16-9-11-17-10-5-4-8-15(17)18/h2-8,10,16H,9,11-12H2,1H3. The van der Waals surface area contributed by atoms with Gasteiger partial charge in [-0.3, -0.25) is 4.79 Å². The minimum Gasteiger partial charge on any atom is -0.496 e. The van der Waals surface area contributed by atoms with Crippen molar-refractivity contribution in [3.05, 3.63) is 64.6 Å². The lowest BCUT2D eigenvalue weighted by atomic mass is 10.2. The quantitative estimate of drug-likeness (QED) is 0.801. The topological polar surface area (TPSA) is 43.3 Å². The number of nitrogens with zero attached hydrogens (tertiary/aromatic N) is 1. The van der Waals surface area contributed by atoms with E-state index in [1.54, 1.807) is 30.0 Å². The van der Waals surface area contributed by atoms with E-state index in [1.807, 2.05) is 30.3 Å². The van der Waals surface area contributed by atoms with Crippen molar-refractivity contribution in [1.82, 2.24) is 9.88 Å². The highest BCUT2D eigenvalue weighted by Gasteiger charge is 2.00. The van der Waals surface area contributed by atoms with Crippen LogP contribution in [-0.2, 0) is 13.1 Å². The summed E-state index contributed by atoms with van der Waals surface area (Å²) in [5, 5.41) is 3.31. The van der Waals surface area contributed by atoms with Gasteiger partial charge in [-0.15, -0.1) is 0 Å². The number of rotatable bonds is 6. The maximum Gasteiger partial charge on any atom is 0.250 e. The maximum atomic E-state index is 11.5. The highest BCUT2D eigenvalue weighted by molar-refractivity contribution is 5.32. The molecule has 0 spiro atoms. The smallest absolute Gasteiger partial charge is 0.250 e. The zero-order valence-corrected chi connectivity index (χ0v) is 11.0. The van der Waals surface area contributed by atoms with Gasteiger partial charge in [0.25, 0.3) is 5.56 Å². The Labute approximate surface area is 112 Å². The third kappa shape index (κ3) is 3.69. The molecule has 4 heteroatoms. The molecule has 1 heterocycles. The first kappa shape index (κ1) is 13.4. The van der Waals surface area contributed by atoms with Crippen LogP contribution in [0.2, 0.25) is 0 Å². The molecule has 100 valence electrons. The number of aromatic nitrogens is 1. The molecule has 0 unspecified atom stereocenters. The SMILES string of the molecule is COc1ccccc1CNCCn1ccccc1=O. The summed E-state index contributed by atoms with van der Waals surface area (Å²) < 4.78 is 6.97. The summed E-state index contributed by atoms with van der Waals surface area (Å²) in [7, 11) is 1.67. The molecule has 0 aliphatic rings. The maximum absolute atomic E-state index is 11.5. The lowest BCUT2D eigenvalue weighted by Gasteiger charge is -2.10. The van der Waals surface area contributed by atoms with Gasteiger partial charge in [-0.1, -0.05) is 24.3 Å². The molecular weight excluding hydrogens is 240 g/mol. The molecule has 0 fully saturated rings. The zero-order chi connectivity index (χ0) is 13.5. The van der Waals surface area contributed by atoms with Crippen LogP contribution in [-0.4, -0.2) is 18.2 Å². The van der Waals surface area contributed by atoms with Crippen molar-refractivity contribution in [1.29, 1.82) is 0 Å². The van der Waals surface area contributed by atoms with Crippen LogP contribution in [0.15, 0.2) is 53.5 Å². The van der Waals surface area contributed by atoms with Crippen LogP contribution >= 0.6 is 0 Å². The van der Waals surface area contributed by atoms with Gasteiger partial charge in [0.15, 0.2) is 0 Å². The van der Waals surface area contributed by atoms with Crippen LogP contribution in [0.1, 0.15) is 5.56 Å². The van der Waals surface area contributed by atoms with E-state index < -0.39 is 0 Å². The van der Waals surface area contributed by atoms with Crippen molar-refractivity contribution < 1.29 is 4.74 Å². The molecule has 0 amide bonds. The minimum atomic E-state index is 0.0293. The molecule has 0 aliphatic carbocycles. The predicted molar refractivity (Wildman–Crippen MR) is 75.4 cm³/mol. The van der Waals surface area contributed by atoms with Gasteiger partial charge in [0.2, 0.25) is 0 Å². The van der Waals surface area contributed by atoms with E-state index in [9.17, 15) is 4.79 Å².